The predicted molar refractivity (Wildman–Crippen MR) is 148 cm³/mol. The van der Waals surface area contributed by atoms with Gasteiger partial charge in [0.25, 0.3) is 5.56 Å². The van der Waals surface area contributed by atoms with E-state index in [-0.39, 0.29) is 11.3 Å². The highest BCUT2D eigenvalue weighted by molar-refractivity contribution is 6.30. The van der Waals surface area contributed by atoms with Crippen molar-refractivity contribution in [3.63, 3.8) is 0 Å². The van der Waals surface area contributed by atoms with Crippen LogP contribution in [0.5, 0.6) is 5.75 Å². The molecule has 1 fully saturated rings. The summed E-state index contributed by atoms with van der Waals surface area (Å²) in [5, 5.41) is 11.9. The normalized spacial score (nSPS) is 17.0. The van der Waals surface area contributed by atoms with Gasteiger partial charge in [0.15, 0.2) is 0 Å². The van der Waals surface area contributed by atoms with Gasteiger partial charge in [-0.05, 0) is 72.3 Å². The van der Waals surface area contributed by atoms with Gasteiger partial charge in [0.1, 0.15) is 11.6 Å². The highest BCUT2D eigenvalue weighted by atomic mass is 35.5. The van der Waals surface area contributed by atoms with Gasteiger partial charge < -0.3 is 10.0 Å². The van der Waals surface area contributed by atoms with E-state index in [1.807, 2.05) is 54.6 Å². The fourth-order valence-electron chi connectivity index (χ4n) is 5.14. The van der Waals surface area contributed by atoms with Gasteiger partial charge in [0, 0.05) is 24.7 Å². The van der Waals surface area contributed by atoms with E-state index >= 15 is 0 Å². The van der Waals surface area contributed by atoms with E-state index in [1.54, 1.807) is 16.7 Å². The van der Waals surface area contributed by atoms with Gasteiger partial charge >= 0.3 is 0 Å². The summed E-state index contributed by atoms with van der Waals surface area (Å²) in [5.41, 5.74) is 3.06. The minimum atomic E-state index is -0.0746. The third-order valence-electron chi connectivity index (χ3n) is 7.35. The van der Waals surface area contributed by atoms with Gasteiger partial charge in [0.2, 0.25) is 0 Å². The number of rotatable bonds is 7. The molecule has 0 saturated carbocycles. The zero-order valence-electron chi connectivity index (χ0n) is 20.8. The summed E-state index contributed by atoms with van der Waals surface area (Å²) in [5.74, 6) is 1.66. The molecule has 2 unspecified atom stereocenters. The van der Waals surface area contributed by atoms with Crippen LogP contribution in [0.25, 0.3) is 33.4 Å². The number of phenols is 1. The summed E-state index contributed by atoms with van der Waals surface area (Å²) in [6, 6.07) is 20.5. The molecule has 2 atom stereocenters. The van der Waals surface area contributed by atoms with Crippen molar-refractivity contribution in [2.75, 3.05) is 19.6 Å². The third kappa shape index (κ3) is 5.04. The molecule has 36 heavy (non-hydrogen) atoms. The van der Waals surface area contributed by atoms with Crippen LogP contribution < -0.4 is 5.56 Å². The van der Waals surface area contributed by atoms with Crippen LogP contribution in [0.15, 0.2) is 71.5 Å². The van der Waals surface area contributed by atoms with Crippen molar-refractivity contribution in [1.29, 1.82) is 0 Å². The highest BCUT2D eigenvalue weighted by Crippen LogP contribution is 2.31. The number of aromatic nitrogens is 2. The Bertz CT molecular complexity index is 1430. The molecule has 6 heteroatoms. The third-order valence-corrected chi connectivity index (χ3v) is 7.61. The van der Waals surface area contributed by atoms with Crippen molar-refractivity contribution in [2.45, 2.75) is 33.2 Å². The number of hydrogen-bond donors (Lipinski definition) is 1. The van der Waals surface area contributed by atoms with E-state index in [0.717, 1.165) is 37.2 Å². The van der Waals surface area contributed by atoms with E-state index in [4.69, 9.17) is 16.6 Å². The van der Waals surface area contributed by atoms with Crippen LogP contribution in [0.3, 0.4) is 0 Å². The lowest BCUT2D eigenvalue weighted by molar-refractivity contribution is 0.270. The van der Waals surface area contributed by atoms with Crippen molar-refractivity contribution in [1.82, 2.24) is 14.5 Å². The first kappa shape index (κ1) is 24.5. The maximum Gasteiger partial charge on any atom is 0.261 e. The number of fused-ring (bicyclic) bond motifs is 1. The first-order chi connectivity index (χ1) is 17.4. The first-order valence-corrected chi connectivity index (χ1v) is 13.1. The molecule has 0 spiro atoms. The molecule has 1 saturated heterocycles. The standard InChI is InChI=1S/C30H32ClN3O2/c1-3-20(2)17-33-15-14-21(18-33)19-34-29(25-6-4-5-7-28(25)35)32-27-13-10-23(16-26(27)30(34)36)22-8-11-24(31)12-9-22/h4-13,16,20-21,35H,3,14-15,17-19H2,1-2H3. The zero-order chi connectivity index (χ0) is 25.2. The Morgan fingerprint density at radius 3 is 2.58 bits per heavy atom. The number of aromatic hydroxyl groups is 1. The second-order valence-corrected chi connectivity index (χ2v) is 10.5. The molecule has 0 aliphatic carbocycles. The smallest absolute Gasteiger partial charge is 0.261 e. The molecular formula is C30H32ClN3O2. The van der Waals surface area contributed by atoms with Crippen LogP contribution >= 0.6 is 11.6 Å². The maximum atomic E-state index is 14.0. The number of benzene rings is 3. The van der Waals surface area contributed by atoms with E-state index in [1.165, 1.54) is 6.42 Å². The quantitative estimate of drug-likeness (QED) is 0.316. The van der Waals surface area contributed by atoms with Crippen molar-refractivity contribution in [3.8, 4) is 28.3 Å². The minimum Gasteiger partial charge on any atom is -0.507 e. The van der Waals surface area contributed by atoms with Gasteiger partial charge in [-0.3, -0.25) is 9.36 Å². The molecule has 5 rings (SSSR count). The van der Waals surface area contributed by atoms with Crippen LogP contribution in [-0.2, 0) is 6.54 Å². The van der Waals surface area contributed by atoms with Crippen LogP contribution in [0.2, 0.25) is 5.02 Å². The Hall–Kier alpha value is -3.15. The van der Waals surface area contributed by atoms with Gasteiger partial charge in [-0.15, -0.1) is 0 Å². The lowest BCUT2D eigenvalue weighted by Crippen LogP contribution is -2.30. The average Bonchev–Trinajstić information content (AvgIpc) is 3.33. The Labute approximate surface area is 217 Å². The summed E-state index contributed by atoms with van der Waals surface area (Å²) >= 11 is 6.07. The molecule has 0 radical (unpaired) electrons. The largest absolute Gasteiger partial charge is 0.507 e. The zero-order valence-corrected chi connectivity index (χ0v) is 21.6. The molecule has 4 aromatic rings. The van der Waals surface area contributed by atoms with Crippen molar-refractivity contribution in [3.05, 3.63) is 82.1 Å². The summed E-state index contributed by atoms with van der Waals surface area (Å²) in [4.78, 5) is 21.4. The van der Waals surface area contributed by atoms with Gasteiger partial charge in [-0.2, -0.15) is 0 Å². The lowest BCUT2D eigenvalue weighted by atomic mass is 10.0. The number of para-hydroxylation sites is 1. The van der Waals surface area contributed by atoms with E-state index in [2.05, 4.69) is 18.7 Å². The minimum absolute atomic E-state index is 0.0746. The number of nitrogens with zero attached hydrogens (tertiary/aromatic N) is 3. The Balaban J connectivity index is 1.58. The van der Waals surface area contributed by atoms with Crippen molar-refractivity contribution < 1.29 is 5.11 Å². The molecule has 5 nitrogen and oxygen atoms in total. The monoisotopic (exact) mass is 501 g/mol. The molecule has 186 valence electrons. The topological polar surface area (TPSA) is 58.4 Å². The van der Waals surface area contributed by atoms with Crippen LogP contribution in [0.4, 0.5) is 0 Å². The van der Waals surface area contributed by atoms with Gasteiger partial charge in [-0.25, -0.2) is 4.98 Å². The number of likely N-dealkylation sites (tertiary alicyclic amines) is 1. The average molecular weight is 502 g/mol. The predicted octanol–water partition coefficient (Wildman–Crippen LogP) is 6.46. The number of hydrogen-bond acceptors (Lipinski definition) is 4. The van der Waals surface area contributed by atoms with E-state index < -0.39 is 0 Å². The van der Waals surface area contributed by atoms with Crippen LogP contribution in [-0.4, -0.2) is 39.2 Å². The summed E-state index contributed by atoms with van der Waals surface area (Å²) < 4.78 is 1.78. The molecular weight excluding hydrogens is 470 g/mol. The van der Waals surface area contributed by atoms with Crippen molar-refractivity contribution >= 4 is 22.5 Å². The molecule has 0 amide bonds. The van der Waals surface area contributed by atoms with Crippen molar-refractivity contribution in [2.24, 2.45) is 11.8 Å². The fraction of sp³-hybridized carbons (Fsp3) is 0.333. The number of phenolic OH excluding ortho intramolecular Hbond substituents is 1. The van der Waals surface area contributed by atoms with Crippen LogP contribution in [0, 0.1) is 11.8 Å². The van der Waals surface area contributed by atoms with Crippen LogP contribution in [0.1, 0.15) is 26.7 Å². The second-order valence-electron chi connectivity index (χ2n) is 10.0. The molecule has 3 aromatic carbocycles. The summed E-state index contributed by atoms with van der Waals surface area (Å²) in [6.07, 6.45) is 2.22. The van der Waals surface area contributed by atoms with E-state index in [0.29, 0.717) is 45.7 Å². The SMILES string of the molecule is CCC(C)CN1CCC(Cn2c(-c3ccccc3O)nc3ccc(-c4ccc(Cl)cc4)cc3c2=O)C1. The Morgan fingerprint density at radius 2 is 1.83 bits per heavy atom. The number of halogens is 1. The Kier molecular flexibility index (Phi) is 7.13. The first-order valence-electron chi connectivity index (χ1n) is 12.7. The van der Waals surface area contributed by atoms with Gasteiger partial charge in [0.05, 0.1) is 16.5 Å². The molecule has 1 aromatic heterocycles. The summed E-state index contributed by atoms with van der Waals surface area (Å²) in [6.45, 7) is 8.22. The Morgan fingerprint density at radius 1 is 1.08 bits per heavy atom. The fourth-order valence-corrected chi connectivity index (χ4v) is 5.26. The van der Waals surface area contributed by atoms with E-state index in [9.17, 15) is 9.90 Å². The molecule has 1 aliphatic heterocycles. The molecule has 1 aliphatic rings. The molecule has 2 heterocycles. The lowest BCUT2D eigenvalue weighted by Gasteiger charge is -2.21. The highest BCUT2D eigenvalue weighted by Gasteiger charge is 2.26. The molecule has 1 N–H and O–H groups in total. The van der Waals surface area contributed by atoms with Gasteiger partial charge in [-0.1, -0.05) is 62.2 Å². The second kappa shape index (κ2) is 10.5. The summed E-state index contributed by atoms with van der Waals surface area (Å²) in [7, 11) is 0. The maximum absolute atomic E-state index is 14.0. The molecule has 0 bridgehead atoms.